The van der Waals surface area contributed by atoms with Gasteiger partial charge in [-0.3, -0.25) is 4.79 Å². The van der Waals surface area contributed by atoms with Crippen molar-refractivity contribution in [1.82, 2.24) is 5.32 Å². The summed E-state index contributed by atoms with van der Waals surface area (Å²) in [7, 11) is 4.71. The predicted octanol–water partition coefficient (Wildman–Crippen LogP) is 3.07. The minimum Gasteiger partial charge on any atom is -0.497 e. The first-order chi connectivity index (χ1) is 12.6. The molecule has 0 spiro atoms. The van der Waals surface area contributed by atoms with Crippen LogP contribution in [0.25, 0.3) is 0 Å². The predicted molar refractivity (Wildman–Crippen MR) is 100 cm³/mol. The maximum Gasteiger partial charge on any atom is 0.253 e. The molecule has 2 aromatic carbocycles. The van der Waals surface area contributed by atoms with Crippen LogP contribution < -0.4 is 10.1 Å². The van der Waals surface area contributed by atoms with E-state index in [1.807, 2.05) is 55.5 Å². The van der Waals surface area contributed by atoms with Gasteiger partial charge in [0.15, 0.2) is 6.10 Å². The maximum absolute atomic E-state index is 12.0. The molecule has 0 aliphatic carbocycles. The monoisotopic (exact) mass is 356 g/mol. The van der Waals surface area contributed by atoms with Gasteiger partial charge in [0.2, 0.25) is 0 Å². The SMILES string of the molecule is CNC(=O)C(OC)c1ccccc1CO/N=C(/C)c1ccc(OC)cc1. The van der Waals surface area contributed by atoms with Crippen molar-refractivity contribution in [2.45, 2.75) is 19.6 Å². The quantitative estimate of drug-likeness (QED) is 0.583. The van der Waals surface area contributed by atoms with Crippen LogP contribution in [-0.4, -0.2) is 32.9 Å². The summed E-state index contributed by atoms with van der Waals surface area (Å²) in [6.07, 6.45) is -0.688. The highest BCUT2D eigenvalue weighted by Crippen LogP contribution is 2.22. The third-order valence-electron chi connectivity index (χ3n) is 3.99. The fourth-order valence-electron chi connectivity index (χ4n) is 2.51. The van der Waals surface area contributed by atoms with Gasteiger partial charge in [-0.15, -0.1) is 0 Å². The van der Waals surface area contributed by atoms with Crippen LogP contribution in [0.4, 0.5) is 0 Å². The molecule has 0 heterocycles. The fraction of sp³-hybridized carbons (Fsp3) is 0.300. The van der Waals surface area contributed by atoms with Crippen LogP contribution in [0.2, 0.25) is 0 Å². The highest BCUT2D eigenvalue weighted by Gasteiger charge is 2.21. The van der Waals surface area contributed by atoms with E-state index >= 15 is 0 Å². The summed E-state index contributed by atoms with van der Waals surface area (Å²) in [5.74, 6) is 0.578. The molecule has 0 bridgehead atoms. The van der Waals surface area contributed by atoms with Gasteiger partial charge < -0.3 is 19.6 Å². The van der Waals surface area contributed by atoms with Crippen molar-refractivity contribution in [2.75, 3.05) is 21.3 Å². The average molecular weight is 356 g/mol. The third-order valence-corrected chi connectivity index (χ3v) is 3.99. The van der Waals surface area contributed by atoms with Crippen molar-refractivity contribution in [2.24, 2.45) is 5.16 Å². The van der Waals surface area contributed by atoms with Gasteiger partial charge >= 0.3 is 0 Å². The number of nitrogens with zero attached hydrogens (tertiary/aromatic N) is 1. The Labute approximate surface area is 153 Å². The maximum atomic E-state index is 12.0. The summed E-state index contributed by atoms with van der Waals surface area (Å²) in [5, 5.41) is 6.78. The summed E-state index contributed by atoms with van der Waals surface area (Å²) < 4.78 is 10.5. The van der Waals surface area contributed by atoms with E-state index in [0.717, 1.165) is 28.2 Å². The smallest absolute Gasteiger partial charge is 0.253 e. The van der Waals surface area contributed by atoms with Crippen molar-refractivity contribution in [3.8, 4) is 5.75 Å². The number of benzene rings is 2. The molecule has 1 amide bonds. The van der Waals surface area contributed by atoms with Crippen molar-refractivity contribution in [3.05, 3.63) is 65.2 Å². The fourth-order valence-corrected chi connectivity index (χ4v) is 2.51. The number of carbonyl (C=O) groups excluding carboxylic acids is 1. The first-order valence-electron chi connectivity index (χ1n) is 8.23. The minimum atomic E-state index is -0.688. The lowest BCUT2D eigenvalue weighted by Crippen LogP contribution is -2.27. The third kappa shape index (κ3) is 4.83. The summed E-state index contributed by atoms with van der Waals surface area (Å²) >= 11 is 0. The topological polar surface area (TPSA) is 69.2 Å². The van der Waals surface area contributed by atoms with Crippen LogP contribution >= 0.6 is 0 Å². The Bertz CT molecular complexity index is 757. The first kappa shape index (κ1) is 19.5. The molecule has 0 saturated carbocycles. The molecule has 26 heavy (non-hydrogen) atoms. The Kier molecular flexibility index (Phi) is 7.17. The Morgan fingerprint density at radius 2 is 1.81 bits per heavy atom. The molecule has 2 aromatic rings. The van der Waals surface area contributed by atoms with Crippen LogP contribution in [0.1, 0.15) is 29.7 Å². The molecule has 0 radical (unpaired) electrons. The molecular formula is C20H24N2O4. The molecule has 0 saturated heterocycles. The van der Waals surface area contributed by atoms with Crippen LogP contribution in [-0.2, 0) is 21.0 Å². The molecule has 2 rings (SSSR count). The molecule has 0 fully saturated rings. The zero-order valence-electron chi connectivity index (χ0n) is 15.5. The highest BCUT2D eigenvalue weighted by atomic mass is 16.6. The molecule has 0 aromatic heterocycles. The Morgan fingerprint density at radius 1 is 1.12 bits per heavy atom. The van der Waals surface area contributed by atoms with E-state index in [1.165, 1.54) is 7.11 Å². The number of nitrogens with one attached hydrogen (secondary N) is 1. The molecular weight excluding hydrogens is 332 g/mol. The minimum absolute atomic E-state index is 0.210. The number of rotatable bonds is 8. The number of hydrogen-bond acceptors (Lipinski definition) is 5. The van der Waals surface area contributed by atoms with Gasteiger partial charge in [0, 0.05) is 14.2 Å². The molecule has 6 heteroatoms. The van der Waals surface area contributed by atoms with Gasteiger partial charge in [0.05, 0.1) is 12.8 Å². The van der Waals surface area contributed by atoms with E-state index in [9.17, 15) is 4.79 Å². The Morgan fingerprint density at radius 3 is 2.42 bits per heavy atom. The lowest BCUT2D eigenvalue weighted by Gasteiger charge is -2.17. The number of carbonyl (C=O) groups is 1. The van der Waals surface area contributed by atoms with Crippen LogP contribution in [0.15, 0.2) is 53.7 Å². The summed E-state index contributed by atoms with van der Waals surface area (Å²) in [4.78, 5) is 17.5. The van der Waals surface area contributed by atoms with Crippen LogP contribution in [0, 0.1) is 0 Å². The molecule has 1 N–H and O–H groups in total. The lowest BCUT2D eigenvalue weighted by molar-refractivity contribution is -0.130. The highest BCUT2D eigenvalue weighted by molar-refractivity contribution is 5.98. The van der Waals surface area contributed by atoms with Crippen molar-refractivity contribution >= 4 is 11.6 Å². The van der Waals surface area contributed by atoms with E-state index in [-0.39, 0.29) is 12.5 Å². The molecule has 0 aliphatic heterocycles. The summed E-state index contributed by atoms with van der Waals surface area (Å²) in [6, 6.07) is 15.1. The van der Waals surface area contributed by atoms with Crippen molar-refractivity contribution in [3.63, 3.8) is 0 Å². The average Bonchev–Trinajstić information content (AvgIpc) is 2.69. The largest absolute Gasteiger partial charge is 0.497 e. The normalized spacial score (nSPS) is 12.4. The number of ether oxygens (including phenoxy) is 2. The molecule has 138 valence electrons. The molecule has 1 atom stereocenters. The number of hydrogen-bond donors (Lipinski definition) is 1. The van der Waals surface area contributed by atoms with E-state index in [2.05, 4.69) is 10.5 Å². The standard InChI is InChI=1S/C20H24N2O4/c1-14(15-9-11-17(24-3)12-10-15)22-26-13-16-7-5-6-8-18(16)19(25-4)20(23)21-2/h5-12,19H,13H2,1-4H3,(H,21,23)/b22-14-. The second-order valence-electron chi connectivity index (χ2n) is 5.61. The lowest BCUT2D eigenvalue weighted by atomic mass is 10.0. The van der Waals surface area contributed by atoms with Gasteiger partial charge in [0.1, 0.15) is 12.4 Å². The summed E-state index contributed by atoms with van der Waals surface area (Å²) in [6.45, 7) is 2.11. The second-order valence-corrected chi connectivity index (χ2v) is 5.61. The zero-order chi connectivity index (χ0) is 18.9. The second kappa shape index (κ2) is 9.58. The van der Waals surface area contributed by atoms with Crippen LogP contribution in [0.3, 0.4) is 0 Å². The van der Waals surface area contributed by atoms with Crippen LogP contribution in [0.5, 0.6) is 5.75 Å². The number of likely N-dealkylation sites (N-methyl/N-ethyl adjacent to an activating group) is 1. The van der Waals surface area contributed by atoms with Gasteiger partial charge in [-0.25, -0.2) is 0 Å². The molecule has 6 nitrogen and oxygen atoms in total. The van der Waals surface area contributed by atoms with Gasteiger partial charge in [-0.05, 0) is 47.9 Å². The zero-order valence-corrected chi connectivity index (χ0v) is 15.5. The van der Waals surface area contributed by atoms with Gasteiger partial charge in [-0.1, -0.05) is 29.4 Å². The van der Waals surface area contributed by atoms with Gasteiger partial charge in [0.25, 0.3) is 5.91 Å². The van der Waals surface area contributed by atoms with E-state index in [1.54, 1.807) is 14.2 Å². The number of amides is 1. The van der Waals surface area contributed by atoms with Gasteiger partial charge in [-0.2, -0.15) is 0 Å². The Balaban J connectivity index is 2.10. The van der Waals surface area contributed by atoms with Crippen molar-refractivity contribution in [1.29, 1.82) is 0 Å². The van der Waals surface area contributed by atoms with E-state index < -0.39 is 6.10 Å². The Hall–Kier alpha value is -2.86. The summed E-state index contributed by atoms with van der Waals surface area (Å²) in [5.41, 5.74) is 3.29. The van der Waals surface area contributed by atoms with E-state index in [4.69, 9.17) is 14.3 Å². The number of methoxy groups -OCH3 is 2. The van der Waals surface area contributed by atoms with E-state index in [0.29, 0.717) is 0 Å². The van der Waals surface area contributed by atoms with Crippen molar-refractivity contribution < 1.29 is 19.1 Å². The first-order valence-corrected chi connectivity index (χ1v) is 8.23. The number of oxime groups is 1. The molecule has 1 unspecified atom stereocenters. The molecule has 0 aliphatic rings.